The van der Waals surface area contributed by atoms with Crippen molar-refractivity contribution in [3.63, 3.8) is 0 Å². The molecule has 3 rings (SSSR count). The quantitative estimate of drug-likeness (QED) is 0.645. The largest absolute Gasteiger partial charge is 0.497 e. The average molecular weight is 366 g/mol. The van der Waals surface area contributed by atoms with Crippen LogP contribution in [0.1, 0.15) is 5.56 Å². The van der Waals surface area contributed by atoms with Crippen LogP contribution in [0.4, 0.5) is 23.1 Å². The molecule has 0 bridgehead atoms. The van der Waals surface area contributed by atoms with Crippen LogP contribution in [0.2, 0.25) is 0 Å². The molecule has 0 aliphatic rings. The summed E-state index contributed by atoms with van der Waals surface area (Å²) in [6, 6.07) is 13.2. The van der Waals surface area contributed by atoms with Crippen LogP contribution in [0.3, 0.4) is 0 Å². The minimum Gasteiger partial charge on any atom is -0.497 e. The van der Waals surface area contributed by atoms with Crippen LogP contribution < -0.4 is 24.8 Å². The first-order chi connectivity index (χ1) is 13.1. The van der Waals surface area contributed by atoms with Crippen LogP contribution in [-0.4, -0.2) is 31.3 Å². The fourth-order valence-corrected chi connectivity index (χ4v) is 2.69. The number of aryl methyl sites for hydroxylation is 1. The van der Waals surface area contributed by atoms with Crippen LogP contribution in [0.5, 0.6) is 17.2 Å². The van der Waals surface area contributed by atoms with Gasteiger partial charge in [-0.3, -0.25) is 0 Å². The van der Waals surface area contributed by atoms with E-state index >= 15 is 0 Å². The van der Waals surface area contributed by atoms with Crippen molar-refractivity contribution in [2.24, 2.45) is 0 Å². The fraction of sp³-hybridized carbons (Fsp3) is 0.200. The van der Waals surface area contributed by atoms with Crippen LogP contribution in [0, 0.1) is 6.92 Å². The molecule has 7 nitrogen and oxygen atoms in total. The molecule has 1 heterocycles. The summed E-state index contributed by atoms with van der Waals surface area (Å²) in [5, 5.41) is 6.44. The van der Waals surface area contributed by atoms with Gasteiger partial charge in [-0.25, -0.2) is 4.98 Å². The number of hydrogen-bond donors (Lipinski definition) is 2. The maximum atomic E-state index is 5.39. The molecule has 0 aliphatic carbocycles. The number of aromatic nitrogens is 2. The first-order valence-electron chi connectivity index (χ1n) is 8.36. The van der Waals surface area contributed by atoms with E-state index < -0.39 is 0 Å². The maximum absolute atomic E-state index is 5.39. The van der Waals surface area contributed by atoms with Gasteiger partial charge in [0, 0.05) is 29.7 Å². The third kappa shape index (κ3) is 4.38. The van der Waals surface area contributed by atoms with Crippen molar-refractivity contribution in [1.29, 1.82) is 0 Å². The van der Waals surface area contributed by atoms with Gasteiger partial charge in [-0.15, -0.1) is 0 Å². The molecule has 0 fully saturated rings. The molecular formula is C20H22N4O3. The number of nitrogens with one attached hydrogen (secondary N) is 2. The molecule has 0 saturated heterocycles. The second-order valence-electron chi connectivity index (χ2n) is 5.78. The number of ether oxygens (including phenoxy) is 3. The summed E-state index contributed by atoms with van der Waals surface area (Å²) in [6.45, 7) is 1.95. The highest BCUT2D eigenvalue weighted by molar-refractivity contribution is 5.64. The van der Waals surface area contributed by atoms with E-state index in [1.54, 1.807) is 33.6 Å². The van der Waals surface area contributed by atoms with Gasteiger partial charge in [-0.05, 0) is 36.8 Å². The summed E-state index contributed by atoms with van der Waals surface area (Å²) < 4.78 is 16.0. The zero-order valence-electron chi connectivity index (χ0n) is 15.7. The van der Waals surface area contributed by atoms with E-state index in [1.807, 2.05) is 43.3 Å². The van der Waals surface area contributed by atoms with Gasteiger partial charge in [0.05, 0.1) is 21.3 Å². The molecule has 7 heteroatoms. The van der Waals surface area contributed by atoms with Crippen molar-refractivity contribution >= 4 is 23.1 Å². The zero-order valence-corrected chi connectivity index (χ0v) is 15.7. The van der Waals surface area contributed by atoms with Crippen molar-refractivity contribution < 1.29 is 14.2 Å². The lowest BCUT2D eigenvalue weighted by molar-refractivity contribution is 0.353. The zero-order chi connectivity index (χ0) is 19.2. The van der Waals surface area contributed by atoms with Gasteiger partial charge in [0.2, 0.25) is 5.95 Å². The summed E-state index contributed by atoms with van der Waals surface area (Å²) in [4.78, 5) is 8.78. The van der Waals surface area contributed by atoms with Gasteiger partial charge in [0.15, 0.2) is 11.5 Å². The minimum atomic E-state index is 0.467. The number of rotatable bonds is 7. The number of benzene rings is 2. The van der Waals surface area contributed by atoms with E-state index in [0.29, 0.717) is 23.3 Å². The lowest BCUT2D eigenvalue weighted by Crippen LogP contribution is -2.02. The van der Waals surface area contributed by atoms with E-state index in [9.17, 15) is 0 Å². The number of nitrogens with zero attached hydrogens (tertiary/aromatic N) is 2. The van der Waals surface area contributed by atoms with Crippen molar-refractivity contribution in [3.05, 3.63) is 54.2 Å². The molecule has 0 saturated carbocycles. The smallest absolute Gasteiger partial charge is 0.229 e. The molecule has 0 radical (unpaired) electrons. The average Bonchev–Trinajstić information content (AvgIpc) is 2.68. The summed E-state index contributed by atoms with van der Waals surface area (Å²) in [7, 11) is 4.86. The molecule has 0 aliphatic heterocycles. The van der Waals surface area contributed by atoms with Crippen molar-refractivity contribution in [2.45, 2.75) is 6.92 Å². The number of methoxy groups -OCH3 is 3. The Morgan fingerprint density at radius 2 is 1.70 bits per heavy atom. The minimum absolute atomic E-state index is 0.467. The van der Waals surface area contributed by atoms with Crippen molar-refractivity contribution in [2.75, 3.05) is 32.0 Å². The van der Waals surface area contributed by atoms with Crippen LogP contribution in [0.25, 0.3) is 0 Å². The van der Waals surface area contributed by atoms with Crippen LogP contribution in [-0.2, 0) is 0 Å². The molecular weight excluding hydrogens is 344 g/mol. The Kier molecular flexibility index (Phi) is 5.61. The molecule has 0 amide bonds. The summed E-state index contributed by atoms with van der Waals surface area (Å²) in [5.41, 5.74) is 2.63. The molecule has 27 heavy (non-hydrogen) atoms. The van der Waals surface area contributed by atoms with E-state index in [-0.39, 0.29) is 0 Å². The Balaban J connectivity index is 1.81. The third-order valence-corrected chi connectivity index (χ3v) is 3.92. The molecule has 3 aromatic rings. The van der Waals surface area contributed by atoms with E-state index in [2.05, 4.69) is 20.6 Å². The van der Waals surface area contributed by atoms with Gasteiger partial charge in [-0.1, -0.05) is 6.07 Å². The Bertz CT molecular complexity index is 931. The van der Waals surface area contributed by atoms with Gasteiger partial charge in [0.1, 0.15) is 11.6 Å². The highest BCUT2D eigenvalue weighted by Crippen LogP contribution is 2.34. The Morgan fingerprint density at radius 1 is 0.852 bits per heavy atom. The topological polar surface area (TPSA) is 77.5 Å². The molecule has 0 atom stereocenters. The first-order valence-corrected chi connectivity index (χ1v) is 8.36. The van der Waals surface area contributed by atoms with Crippen molar-refractivity contribution in [1.82, 2.24) is 9.97 Å². The Hall–Kier alpha value is -3.48. The standard InChI is InChI=1S/C20H22N4O3/c1-13-10-15(12-17(26-3)19(13)27-4)23-20-21-9-8-18(24-20)22-14-6-5-7-16(11-14)25-2/h5-12H,1-4H3,(H2,21,22,23,24). The normalized spacial score (nSPS) is 10.2. The summed E-state index contributed by atoms with van der Waals surface area (Å²) in [6.07, 6.45) is 1.69. The molecule has 1 aromatic heterocycles. The summed E-state index contributed by atoms with van der Waals surface area (Å²) in [5.74, 6) is 3.25. The Morgan fingerprint density at radius 3 is 2.44 bits per heavy atom. The fourth-order valence-electron chi connectivity index (χ4n) is 2.69. The van der Waals surface area contributed by atoms with E-state index in [4.69, 9.17) is 14.2 Å². The van der Waals surface area contributed by atoms with E-state index in [0.717, 1.165) is 22.7 Å². The van der Waals surface area contributed by atoms with Crippen LogP contribution in [0.15, 0.2) is 48.7 Å². The Labute approximate surface area is 158 Å². The predicted molar refractivity (Wildman–Crippen MR) is 106 cm³/mol. The lowest BCUT2D eigenvalue weighted by atomic mass is 10.2. The predicted octanol–water partition coefficient (Wildman–Crippen LogP) is 4.30. The molecule has 140 valence electrons. The highest BCUT2D eigenvalue weighted by atomic mass is 16.5. The lowest BCUT2D eigenvalue weighted by Gasteiger charge is -2.14. The molecule has 2 N–H and O–H groups in total. The first kappa shape index (κ1) is 18.3. The van der Waals surface area contributed by atoms with Crippen LogP contribution >= 0.6 is 0 Å². The second-order valence-corrected chi connectivity index (χ2v) is 5.78. The number of hydrogen-bond acceptors (Lipinski definition) is 7. The monoisotopic (exact) mass is 366 g/mol. The molecule has 2 aromatic carbocycles. The number of anilines is 4. The van der Waals surface area contributed by atoms with Gasteiger partial charge < -0.3 is 24.8 Å². The van der Waals surface area contributed by atoms with E-state index in [1.165, 1.54) is 0 Å². The third-order valence-electron chi connectivity index (χ3n) is 3.92. The highest BCUT2D eigenvalue weighted by Gasteiger charge is 2.10. The molecule has 0 spiro atoms. The van der Waals surface area contributed by atoms with Gasteiger partial charge in [0.25, 0.3) is 0 Å². The van der Waals surface area contributed by atoms with Crippen molar-refractivity contribution in [3.8, 4) is 17.2 Å². The summed E-state index contributed by atoms with van der Waals surface area (Å²) >= 11 is 0. The molecule has 0 unspecified atom stereocenters. The van der Waals surface area contributed by atoms with Gasteiger partial charge >= 0.3 is 0 Å². The maximum Gasteiger partial charge on any atom is 0.229 e. The SMILES string of the molecule is COc1cccc(Nc2ccnc(Nc3cc(C)c(OC)c(OC)c3)n2)c1. The second kappa shape index (κ2) is 8.27. The van der Waals surface area contributed by atoms with Gasteiger partial charge in [-0.2, -0.15) is 4.98 Å².